The van der Waals surface area contributed by atoms with Crippen LogP contribution in [0.3, 0.4) is 0 Å². The molecule has 1 aliphatic heterocycles. The van der Waals surface area contributed by atoms with Crippen LogP contribution in [0.1, 0.15) is 16.8 Å². The first-order valence-electron chi connectivity index (χ1n) is 9.62. The molecule has 1 fully saturated rings. The predicted octanol–water partition coefficient (Wildman–Crippen LogP) is 3.90. The zero-order valence-corrected chi connectivity index (χ0v) is 17.0. The number of hydrogen-bond acceptors (Lipinski definition) is 5. The second-order valence-electron chi connectivity index (χ2n) is 7.05. The van der Waals surface area contributed by atoms with E-state index >= 15 is 0 Å². The van der Waals surface area contributed by atoms with Gasteiger partial charge in [-0.3, -0.25) is 9.78 Å². The molecule has 2 N–H and O–H groups in total. The van der Waals surface area contributed by atoms with Gasteiger partial charge >= 0.3 is 0 Å². The minimum absolute atomic E-state index is 0.139. The summed E-state index contributed by atoms with van der Waals surface area (Å²) in [4.78, 5) is 22.3. The molecule has 1 aromatic heterocycles. The van der Waals surface area contributed by atoms with Gasteiger partial charge in [-0.25, -0.2) is 4.98 Å². The minimum Gasteiger partial charge on any atom is -0.378 e. The molecule has 0 unspecified atom stereocenters. The second kappa shape index (κ2) is 8.68. The molecular formula is C22H23ClN4O2. The van der Waals surface area contributed by atoms with E-state index in [1.165, 1.54) is 0 Å². The molecular weight excluding hydrogens is 388 g/mol. The summed E-state index contributed by atoms with van der Waals surface area (Å²) in [5.41, 5.74) is 4.27. The number of anilines is 3. The van der Waals surface area contributed by atoms with Crippen LogP contribution in [-0.4, -0.2) is 36.3 Å². The minimum atomic E-state index is -0.139. The van der Waals surface area contributed by atoms with Crippen molar-refractivity contribution in [3.63, 3.8) is 0 Å². The third-order valence-electron chi connectivity index (χ3n) is 5.02. The number of aromatic nitrogens is 2. The van der Waals surface area contributed by atoms with E-state index in [1.54, 1.807) is 0 Å². The topological polar surface area (TPSA) is 70.2 Å². The molecule has 0 spiro atoms. The molecule has 150 valence electrons. The maximum absolute atomic E-state index is 12.6. The molecule has 2 aromatic carbocycles. The first kappa shape index (κ1) is 19.5. The van der Waals surface area contributed by atoms with Crippen LogP contribution in [0, 0.1) is 6.92 Å². The fourth-order valence-electron chi connectivity index (χ4n) is 3.40. The van der Waals surface area contributed by atoms with Gasteiger partial charge < -0.3 is 15.0 Å². The molecule has 0 atom stereocenters. The lowest BCUT2D eigenvalue weighted by Gasteiger charge is -2.28. The number of H-pyrrole nitrogens is 1. The highest BCUT2D eigenvalue weighted by Crippen LogP contribution is 2.21. The Labute approximate surface area is 174 Å². The predicted molar refractivity (Wildman–Crippen MR) is 117 cm³/mol. The fraction of sp³-hybridized carbons (Fsp3) is 0.273. The second-order valence-corrected chi connectivity index (χ2v) is 7.49. The van der Waals surface area contributed by atoms with Gasteiger partial charge in [-0.1, -0.05) is 23.7 Å². The number of aromatic amines is 1. The van der Waals surface area contributed by atoms with Crippen LogP contribution < -0.4 is 15.8 Å². The Morgan fingerprint density at radius 3 is 2.45 bits per heavy atom. The SMILES string of the molecule is Cc1nc(Nc2ccc(N3CCOCC3)cc2)[nH]c(=O)c1Cc1ccc(Cl)cc1. The molecule has 4 rings (SSSR count). The molecule has 2 heterocycles. The molecule has 0 aliphatic carbocycles. The normalized spacial score (nSPS) is 14.1. The largest absolute Gasteiger partial charge is 0.378 e. The number of morpholine rings is 1. The molecule has 1 aliphatic rings. The zero-order valence-electron chi connectivity index (χ0n) is 16.2. The average Bonchev–Trinajstić information content (AvgIpc) is 2.73. The van der Waals surface area contributed by atoms with E-state index in [1.807, 2.05) is 43.3 Å². The molecule has 3 aromatic rings. The first-order chi connectivity index (χ1) is 14.1. The van der Waals surface area contributed by atoms with Crippen LogP contribution in [0.2, 0.25) is 5.02 Å². The maximum Gasteiger partial charge on any atom is 0.256 e. The van der Waals surface area contributed by atoms with Gasteiger partial charge in [0.15, 0.2) is 0 Å². The summed E-state index contributed by atoms with van der Waals surface area (Å²) in [6.07, 6.45) is 0.514. The van der Waals surface area contributed by atoms with E-state index in [9.17, 15) is 4.79 Å². The van der Waals surface area contributed by atoms with Gasteiger partial charge in [0.25, 0.3) is 5.56 Å². The fourth-order valence-corrected chi connectivity index (χ4v) is 3.52. The molecule has 1 saturated heterocycles. The van der Waals surface area contributed by atoms with Crippen LogP contribution >= 0.6 is 11.6 Å². The van der Waals surface area contributed by atoms with Crippen molar-refractivity contribution in [2.75, 3.05) is 36.5 Å². The van der Waals surface area contributed by atoms with Gasteiger partial charge in [-0.15, -0.1) is 0 Å². The molecule has 7 heteroatoms. The maximum atomic E-state index is 12.6. The van der Waals surface area contributed by atoms with Crippen molar-refractivity contribution in [1.82, 2.24) is 9.97 Å². The number of nitrogens with one attached hydrogen (secondary N) is 2. The molecule has 0 bridgehead atoms. The van der Waals surface area contributed by atoms with Crippen molar-refractivity contribution >= 4 is 28.9 Å². The number of benzene rings is 2. The Kier molecular flexibility index (Phi) is 5.83. The standard InChI is InChI=1S/C22H23ClN4O2/c1-15-20(14-16-2-4-17(23)5-3-16)21(28)26-22(24-15)25-18-6-8-19(9-7-18)27-10-12-29-13-11-27/h2-9H,10-14H2,1H3,(H2,24,25,26,28). The molecule has 0 saturated carbocycles. The van der Waals surface area contributed by atoms with Crippen LogP contribution in [-0.2, 0) is 11.2 Å². The van der Waals surface area contributed by atoms with Crippen molar-refractivity contribution in [3.8, 4) is 0 Å². The van der Waals surface area contributed by atoms with Gasteiger partial charge in [-0.05, 0) is 48.9 Å². The lowest BCUT2D eigenvalue weighted by molar-refractivity contribution is 0.122. The summed E-state index contributed by atoms with van der Waals surface area (Å²) < 4.78 is 5.40. The van der Waals surface area contributed by atoms with Crippen LogP contribution in [0.15, 0.2) is 53.3 Å². The van der Waals surface area contributed by atoms with Gasteiger partial charge in [-0.2, -0.15) is 0 Å². The van der Waals surface area contributed by atoms with E-state index in [4.69, 9.17) is 16.3 Å². The summed E-state index contributed by atoms with van der Waals surface area (Å²) in [7, 11) is 0. The van der Waals surface area contributed by atoms with E-state index in [0.717, 1.165) is 43.2 Å². The lowest BCUT2D eigenvalue weighted by Crippen LogP contribution is -2.36. The Morgan fingerprint density at radius 1 is 1.10 bits per heavy atom. The Hall–Kier alpha value is -2.83. The molecule has 29 heavy (non-hydrogen) atoms. The van der Waals surface area contributed by atoms with Crippen molar-refractivity contribution in [2.45, 2.75) is 13.3 Å². The highest BCUT2D eigenvalue weighted by Gasteiger charge is 2.12. The zero-order chi connectivity index (χ0) is 20.2. The number of rotatable bonds is 5. The van der Waals surface area contributed by atoms with E-state index < -0.39 is 0 Å². The smallest absolute Gasteiger partial charge is 0.256 e. The van der Waals surface area contributed by atoms with E-state index in [0.29, 0.717) is 28.6 Å². The van der Waals surface area contributed by atoms with Gasteiger partial charge in [0.2, 0.25) is 5.95 Å². The Balaban J connectivity index is 1.48. The number of hydrogen-bond donors (Lipinski definition) is 2. The van der Waals surface area contributed by atoms with Crippen LogP contribution in [0.4, 0.5) is 17.3 Å². The van der Waals surface area contributed by atoms with Crippen molar-refractivity contribution in [2.24, 2.45) is 0 Å². The van der Waals surface area contributed by atoms with Gasteiger partial charge in [0.05, 0.1) is 18.9 Å². The lowest BCUT2D eigenvalue weighted by atomic mass is 10.1. The number of ether oxygens (including phenoxy) is 1. The summed E-state index contributed by atoms with van der Waals surface area (Å²) in [5, 5.41) is 3.86. The monoisotopic (exact) mass is 410 g/mol. The molecule has 0 radical (unpaired) electrons. The van der Waals surface area contributed by atoms with E-state index in [-0.39, 0.29) is 5.56 Å². The Morgan fingerprint density at radius 2 is 1.79 bits per heavy atom. The third kappa shape index (κ3) is 4.78. The quantitative estimate of drug-likeness (QED) is 0.667. The molecule has 6 nitrogen and oxygen atoms in total. The highest BCUT2D eigenvalue weighted by molar-refractivity contribution is 6.30. The number of aryl methyl sites for hydroxylation is 1. The van der Waals surface area contributed by atoms with Crippen molar-refractivity contribution < 1.29 is 4.74 Å². The average molecular weight is 411 g/mol. The molecule has 0 amide bonds. The summed E-state index contributed by atoms with van der Waals surface area (Å²) in [6.45, 7) is 5.17. The number of nitrogens with zero attached hydrogens (tertiary/aromatic N) is 2. The highest BCUT2D eigenvalue weighted by atomic mass is 35.5. The summed E-state index contributed by atoms with van der Waals surface area (Å²) in [5.74, 6) is 0.437. The number of halogens is 1. The van der Waals surface area contributed by atoms with Crippen LogP contribution in [0.25, 0.3) is 0 Å². The first-order valence-corrected chi connectivity index (χ1v) is 10.0. The Bertz CT molecular complexity index is 1030. The van der Waals surface area contributed by atoms with Gasteiger partial charge in [0.1, 0.15) is 0 Å². The summed E-state index contributed by atoms with van der Waals surface area (Å²) >= 11 is 5.93. The summed E-state index contributed by atoms with van der Waals surface area (Å²) in [6, 6.07) is 15.6. The van der Waals surface area contributed by atoms with Gasteiger partial charge in [0, 0.05) is 41.5 Å². The van der Waals surface area contributed by atoms with Crippen LogP contribution in [0.5, 0.6) is 0 Å². The van der Waals surface area contributed by atoms with E-state index in [2.05, 4.69) is 32.3 Å². The van der Waals surface area contributed by atoms with Crippen molar-refractivity contribution in [3.05, 3.63) is 80.7 Å². The third-order valence-corrected chi connectivity index (χ3v) is 5.27. The van der Waals surface area contributed by atoms with Crippen molar-refractivity contribution in [1.29, 1.82) is 0 Å².